The van der Waals surface area contributed by atoms with Crippen molar-refractivity contribution in [1.82, 2.24) is 0 Å². The van der Waals surface area contributed by atoms with Gasteiger partial charge in [-0.1, -0.05) is 11.2 Å². The van der Waals surface area contributed by atoms with Crippen LogP contribution in [0.2, 0.25) is 0 Å². The van der Waals surface area contributed by atoms with Crippen molar-refractivity contribution in [2.24, 2.45) is 5.16 Å². The van der Waals surface area contributed by atoms with Crippen LogP contribution in [0.3, 0.4) is 0 Å². The number of benzene rings is 1. The van der Waals surface area contributed by atoms with Gasteiger partial charge in [0.15, 0.2) is 5.71 Å². The zero-order valence-corrected chi connectivity index (χ0v) is 12.4. The van der Waals surface area contributed by atoms with Crippen molar-refractivity contribution < 1.29 is 19.5 Å². The van der Waals surface area contributed by atoms with Gasteiger partial charge in [0.1, 0.15) is 5.75 Å². The fourth-order valence-electron chi connectivity index (χ4n) is 1.46. The molecule has 19 heavy (non-hydrogen) atoms. The van der Waals surface area contributed by atoms with Gasteiger partial charge in [-0.2, -0.15) is 0 Å². The number of carbonyl (C=O) groups is 1. The predicted molar refractivity (Wildman–Crippen MR) is 74.8 cm³/mol. The van der Waals surface area contributed by atoms with Gasteiger partial charge in [0.25, 0.3) is 0 Å². The van der Waals surface area contributed by atoms with Gasteiger partial charge < -0.3 is 14.7 Å². The number of esters is 1. The highest BCUT2D eigenvalue weighted by Crippen LogP contribution is 2.25. The summed E-state index contributed by atoms with van der Waals surface area (Å²) in [5.74, 6) is 0.116. The molecule has 0 saturated heterocycles. The fourth-order valence-corrected chi connectivity index (χ4v) is 2.06. The van der Waals surface area contributed by atoms with E-state index in [9.17, 15) is 4.79 Å². The van der Waals surface area contributed by atoms with Crippen LogP contribution in [-0.4, -0.2) is 30.6 Å². The molecule has 0 aliphatic heterocycles. The minimum absolute atomic E-state index is 0.00549. The summed E-state index contributed by atoms with van der Waals surface area (Å²) in [6, 6.07) is 5.79. The van der Waals surface area contributed by atoms with Crippen LogP contribution in [0.4, 0.5) is 0 Å². The molecule has 0 spiro atoms. The summed E-state index contributed by atoms with van der Waals surface area (Å²) < 4.78 is 10.9. The Morgan fingerprint density at radius 2 is 2.21 bits per heavy atom. The zero-order chi connectivity index (χ0) is 14.3. The molecule has 0 radical (unpaired) electrons. The standard InChI is InChI=1S/C13H16BrNO4/c1-9-5-6-12(10(14)8-9)19-7-3-4-11(15-17)13(16)18-2/h5-6,8,17H,3-4,7H2,1-2H3/b15-11-. The van der Waals surface area contributed by atoms with Crippen molar-refractivity contribution in [3.05, 3.63) is 28.2 Å². The highest BCUT2D eigenvalue weighted by Gasteiger charge is 2.12. The molecule has 0 aromatic heterocycles. The molecule has 104 valence electrons. The summed E-state index contributed by atoms with van der Waals surface area (Å²) in [7, 11) is 1.24. The Labute approximate surface area is 120 Å². The number of hydrogen-bond acceptors (Lipinski definition) is 5. The maximum Gasteiger partial charge on any atom is 0.355 e. The molecular weight excluding hydrogens is 314 g/mol. The molecule has 0 saturated carbocycles. The number of methoxy groups -OCH3 is 1. The minimum atomic E-state index is -0.626. The first-order chi connectivity index (χ1) is 9.08. The molecule has 0 fully saturated rings. The number of ether oxygens (including phenoxy) is 2. The van der Waals surface area contributed by atoms with E-state index in [2.05, 4.69) is 25.8 Å². The van der Waals surface area contributed by atoms with E-state index in [1.54, 1.807) is 0 Å². The number of halogens is 1. The quantitative estimate of drug-likeness (QED) is 0.286. The Kier molecular flexibility index (Phi) is 6.35. The lowest BCUT2D eigenvalue weighted by Crippen LogP contribution is -2.16. The van der Waals surface area contributed by atoms with Crippen LogP contribution < -0.4 is 4.74 Å². The summed E-state index contributed by atoms with van der Waals surface area (Å²) in [5, 5.41) is 11.6. The average Bonchev–Trinajstić information content (AvgIpc) is 2.40. The molecule has 0 heterocycles. The van der Waals surface area contributed by atoms with Crippen LogP contribution in [0.1, 0.15) is 18.4 Å². The maximum atomic E-state index is 11.1. The van der Waals surface area contributed by atoms with Crippen LogP contribution in [0.25, 0.3) is 0 Å². The minimum Gasteiger partial charge on any atom is -0.492 e. The molecule has 6 heteroatoms. The monoisotopic (exact) mass is 329 g/mol. The van der Waals surface area contributed by atoms with E-state index in [0.29, 0.717) is 19.4 Å². The van der Waals surface area contributed by atoms with Gasteiger partial charge in [0.2, 0.25) is 0 Å². The van der Waals surface area contributed by atoms with Gasteiger partial charge in [-0.25, -0.2) is 4.79 Å². The molecule has 0 aliphatic carbocycles. The van der Waals surface area contributed by atoms with Crippen LogP contribution in [0.5, 0.6) is 5.75 Å². The Morgan fingerprint density at radius 3 is 2.79 bits per heavy atom. The van der Waals surface area contributed by atoms with E-state index in [1.165, 1.54) is 7.11 Å². The van der Waals surface area contributed by atoms with E-state index in [-0.39, 0.29) is 5.71 Å². The van der Waals surface area contributed by atoms with Crippen molar-refractivity contribution in [2.45, 2.75) is 19.8 Å². The highest BCUT2D eigenvalue weighted by atomic mass is 79.9. The molecule has 1 N–H and O–H groups in total. The van der Waals surface area contributed by atoms with Crippen LogP contribution in [-0.2, 0) is 9.53 Å². The summed E-state index contributed by atoms with van der Waals surface area (Å²) in [4.78, 5) is 11.1. The largest absolute Gasteiger partial charge is 0.492 e. The second-order valence-corrected chi connectivity index (χ2v) is 4.78. The summed E-state index contributed by atoms with van der Waals surface area (Å²) >= 11 is 3.41. The summed E-state index contributed by atoms with van der Waals surface area (Å²) in [6.07, 6.45) is 0.849. The van der Waals surface area contributed by atoms with Crippen LogP contribution in [0, 0.1) is 6.92 Å². The van der Waals surface area contributed by atoms with E-state index in [1.807, 2.05) is 25.1 Å². The van der Waals surface area contributed by atoms with Gasteiger partial charge in [0.05, 0.1) is 18.2 Å². The normalized spacial score (nSPS) is 11.2. The number of oxime groups is 1. The first-order valence-corrected chi connectivity index (χ1v) is 6.56. The van der Waals surface area contributed by atoms with Crippen molar-refractivity contribution in [2.75, 3.05) is 13.7 Å². The Balaban J connectivity index is 2.40. The zero-order valence-electron chi connectivity index (χ0n) is 10.9. The molecule has 0 unspecified atom stereocenters. The van der Waals surface area contributed by atoms with Gasteiger partial charge in [-0.05, 0) is 47.0 Å². The topological polar surface area (TPSA) is 68.1 Å². The average molecular weight is 330 g/mol. The van der Waals surface area contributed by atoms with Crippen LogP contribution >= 0.6 is 15.9 Å². The van der Waals surface area contributed by atoms with E-state index in [0.717, 1.165) is 15.8 Å². The molecular formula is C13H16BrNO4. The lowest BCUT2D eigenvalue weighted by molar-refractivity contribution is -0.133. The Bertz CT molecular complexity index is 474. The lowest BCUT2D eigenvalue weighted by Gasteiger charge is -2.08. The lowest BCUT2D eigenvalue weighted by atomic mass is 10.2. The SMILES string of the molecule is COC(=O)/C(CCCOc1ccc(C)cc1Br)=N\O. The van der Waals surface area contributed by atoms with E-state index < -0.39 is 5.97 Å². The Morgan fingerprint density at radius 1 is 1.47 bits per heavy atom. The second kappa shape index (κ2) is 7.78. The summed E-state index contributed by atoms with van der Waals surface area (Å²) in [5.41, 5.74) is 1.13. The third-order valence-electron chi connectivity index (χ3n) is 2.44. The number of carbonyl (C=O) groups excluding carboxylic acids is 1. The van der Waals surface area contributed by atoms with Gasteiger partial charge >= 0.3 is 5.97 Å². The van der Waals surface area contributed by atoms with Gasteiger partial charge in [0, 0.05) is 6.42 Å². The van der Waals surface area contributed by atoms with Gasteiger partial charge in [-0.3, -0.25) is 0 Å². The third-order valence-corrected chi connectivity index (χ3v) is 3.06. The third kappa shape index (κ3) is 4.90. The molecule has 0 amide bonds. The van der Waals surface area contributed by atoms with Crippen molar-refractivity contribution in [3.8, 4) is 5.75 Å². The van der Waals surface area contributed by atoms with Gasteiger partial charge in [-0.15, -0.1) is 0 Å². The molecule has 5 nitrogen and oxygen atoms in total. The van der Waals surface area contributed by atoms with Crippen molar-refractivity contribution in [1.29, 1.82) is 0 Å². The first kappa shape index (κ1) is 15.5. The second-order valence-electron chi connectivity index (χ2n) is 3.92. The Hall–Kier alpha value is -1.56. The fraction of sp³-hybridized carbons (Fsp3) is 0.385. The maximum absolute atomic E-state index is 11.1. The molecule has 0 bridgehead atoms. The van der Waals surface area contributed by atoms with Crippen molar-refractivity contribution >= 4 is 27.6 Å². The molecule has 1 aromatic rings. The summed E-state index contributed by atoms with van der Waals surface area (Å²) in [6.45, 7) is 2.41. The highest BCUT2D eigenvalue weighted by molar-refractivity contribution is 9.10. The first-order valence-electron chi connectivity index (χ1n) is 5.76. The van der Waals surface area contributed by atoms with Crippen molar-refractivity contribution in [3.63, 3.8) is 0 Å². The number of aryl methyl sites for hydroxylation is 1. The molecule has 0 atom stereocenters. The molecule has 1 aromatic carbocycles. The smallest absolute Gasteiger partial charge is 0.355 e. The van der Waals surface area contributed by atoms with E-state index in [4.69, 9.17) is 9.94 Å². The van der Waals surface area contributed by atoms with Crippen LogP contribution in [0.15, 0.2) is 27.8 Å². The molecule has 1 rings (SSSR count). The number of hydrogen-bond donors (Lipinski definition) is 1. The predicted octanol–water partition coefficient (Wildman–Crippen LogP) is 2.92. The van der Waals surface area contributed by atoms with E-state index >= 15 is 0 Å². The number of nitrogens with zero attached hydrogens (tertiary/aromatic N) is 1. The number of rotatable bonds is 6. The molecule has 0 aliphatic rings.